The van der Waals surface area contributed by atoms with E-state index in [1.54, 1.807) is 7.11 Å². The van der Waals surface area contributed by atoms with Gasteiger partial charge in [-0.2, -0.15) is 0 Å². The molecule has 1 saturated carbocycles. The summed E-state index contributed by atoms with van der Waals surface area (Å²) in [7, 11) is 4.00. The second-order valence-electron chi connectivity index (χ2n) is 7.64. The van der Waals surface area contributed by atoms with E-state index in [1.807, 2.05) is 6.07 Å². The van der Waals surface area contributed by atoms with Crippen molar-refractivity contribution in [3.05, 3.63) is 29.8 Å². The van der Waals surface area contributed by atoms with E-state index >= 15 is 0 Å². The normalized spacial score (nSPS) is 23.3. The largest absolute Gasteiger partial charge is 0.497 e. The lowest BCUT2D eigenvalue weighted by atomic mass is 9.71. The number of rotatable bonds is 4. The van der Waals surface area contributed by atoms with Gasteiger partial charge in [0.1, 0.15) is 5.75 Å². The molecular weight excluding hydrogens is 258 g/mol. The molecule has 1 aromatic rings. The van der Waals surface area contributed by atoms with E-state index in [1.165, 1.54) is 31.2 Å². The third-order valence-electron chi connectivity index (χ3n) is 5.11. The highest BCUT2D eigenvalue weighted by molar-refractivity contribution is 5.28. The molecule has 0 radical (unpaired) electrons. The summed E-state index contributed by atoms with van der Waals surface area (Å²) in [5, 5.41) is 0. The van der Waals surface area contributed by atoms with Crippen molar-refractivity contribution in [1.29, 1.82) is 0 Å². The van der Waals surface area contributed by atoms with Crippen LogP contribution in [-0.2, 0) is 6.54 Å². The first kappa shape index (κ1) is 16.4. The zero-order valence-corrected chi connectivity index (χ0v) is 14.4. The van der Waals surface area contributed by atoms with Gasteiger partial charge in [-0.1, -0.05) is 32.9 Å². The molecular formula is C19H31NO. The van der Waals surface area contributed by atoms with Crippen molar-refractivity contribution >= 4 is 0 Å². The Labute approximate surface area is 130 Å². The van der Waals surface area contributed by atoms with Crippen molar-refractivity contribution in [2.45, 2.75) is 59.0 Å². The molecule has 0 N–H and O–H groups in total. The molecule has 118 valence electrons. The maximum absolute atomic E-state index is 5.31. The number of nitrogens with zero attached hydrogens (tertiary/aromatic N) is 1. The minimum absolute atomic E-state index is 0.469. The molecule has 0 spiro atoms. The molecule has 2 nitrogen and oxygen atoms in total. The zero-order chi connectivity index (χ0) is 15.5. The standard InChI is InChI=1S/C19H31NO/c1-19(2,3)16-9-11-17(12-10-16)20(4)14-15-7-6-8-18(13-15)21-5/h6-8,13,16-17H,9-12,14H2,1-5H3/t16-,17-. The van der Waals surface area contributed by atoms with Crippen LogP contribution in [0.1, 0.15) is 52.0 Å². The average Bonchev–Trinajstić information content (AvgIpc) is 2.46. The maximum Gasteiger partial charge on any atom is 0.119 e. The lowest BCUT2D eigenvalue weighted by molar-refractivity contribution is 0.107. The molecule has 21 heavy (non-hydrogen) atoms. The minimum Gasteiger partial charge on any atom is -0.497 e. The molecule has 0 aliphatic heterocycles. The Morgan fingerprint density at radius 2 is 1.81 bits per heavy atom. The van der Waals surface area contributed by atoms with Gasteiger partial charge in [0, 0.05) is 12.6 Å². The SMILES string of the molecule is COc1cccc(CN(C)[C@H]2CC[C@H](C(C)(C)C)CC2)c1. The van der Waals surface area contributed by atoms with E-state index < -0.39 is 0 Å². The fourth-order valence-electron chi connectivity index (χ4n) is 3.57. The molecule has 0 heterocycles. The van der Waals surface area contributed by atoms with Crippen LogP contribution in [-0.4, -0.2) is 25.1 Å². The lowest BCUT2D eigenvalue weighted by Crippen LogP contribution is -2.37. The number of methoxy groups -OCH3 is 1. The monoisotopic (exact) mass is 289 g/mol. The van der Waals surface area contributed by atoms with Gasteiger partial charge in [-0.3, -0.25) is 4.90 Å². The highest BCUT2D eigenvalue weighted by atomic mass is 16.5. The third-order valence-corrected chi connectivity index (χ3v) is 5.11. The molecule has 1 aliphatic carbocycles. The highest BCUT2D eigenvalue weighted by Gasteiger charge is 2.30. The number of hydrogen-bond acceptors (Lipinski definition) is 2. The first-order chi connectivity index (χ1) is 9.90. The van der Waals surface area contributed by atoms with Crippen molar-refractivity contribution in [1.82, 2.24) is 4.90 Å². The summed E-state index contributed by atoms with van der Waals surface area (Å²) in [6.45, 7) is 8.18. The molecule has 0 bridgehead atoms. The molecule has 0 unspecified atom stereocenters. The van der Waals surface area contributed by atoms with Crippen molar-refractivity contribution < 1.29 is 4.74 Å². The third kappa shape index (κ3) is 4.47. The van der Waals surface area contributed by atoms with Crippen molar-refractivity contribution in [2.24, 2.45) is 11.3 Å². The van der Waals surface area contributed by atoms with E-state index in [0.717, 1.165) is 24.3 Å². The lowest BCUT2D eigenvalue weighted by Gasteiger charge is -2.40. The Morgan fingerprint density at radius 1 is 1.14 bits per heavy atom. The van der Waals surface area contributed by atoms with E-state index in [-0.39, 0.29) is 0 Å². The van der Waals surface area contributed by atoms with Gasteiger partial charge in [-0.15, -0.1) is 0 Å². The number of hydrogen-bond donors (Lipinski definition) is 0. The predicted molar refractivity (Wildman–Crippen MR) is 89.7 cm³/mol. The Balaban J connectivity index is 1.88. The Bertz CT molecular complexity index is 441. The summed E-state index contributed by atoms with van der Waals surface area (Å²) >= 11 is 0. The van der Waals surface area contributed by atoms with E-state index in [9.17, 15) is 0 Å². The zero-order valence-electron chi connectivity index (χ0n) is 14.4. The molecule has 0 atom stereocenters. The summed E-state index contributed by atoms with van der Waals surface area (Å²) in [6, 6.07) is 9.17. The second-order valence-corrected chi connectivity index (χ2v) is 7.64. The van der Waals surface area contributed by atoms with Crippen molar-refractivity contribution in [3.8, 4) is 5.75 Å². The van der Waals surface area contributed by atoms with Crippen LogP contribution in [0.4, 0.5) is 0 Å². The van der Waals surface area contributed by atoms with Crippen LogP contribution >= 0.6 is 0 Å². The fourth-order valence-corrected chi connectivity index (χ4v) is 3.57. The van der Waals surface area contributed by atoms with Gasteiger partial charge in [0.2, 0.25) is 0 Å². The van der Waals surface area contributed by atoms with Crippen LogP contribution in [0.2, 0.25) is 0 Å². The summed E-state index contributed by atoms with van der Waals surface area (Å²) in [5.41, 5.74) is 1.81. The quantitative estimate of drug-likeness (QED) is 0.794. The number of ether oxygens (including phenoxy) is 1. The van der Waals surface area contributed by atoms with Gasteiger partial charge in [0.05, 0.1) is 7.11 Å². The molecule has 0 aromatic heterocycles. The van der Waals surface area contributed by atoms with Gasteiger partial charge in [-0.05, 0) is 61.8 Å². The summed E-state index contributed by atoms with van der Waals surface area (Å²) in [6.07, 6.45) is 5.41. The average molecular weight is 289 g/mol. The number of benzene rings is 1. The van der Waals surface area contributed by atoms with Crippen LogP contribution in [0.3, 0.4) is 0 Å². The highest BCUT2D eigenvalue weighted by Crippen LogP contribution is 2.39. The molecule has 2 rings (SSSR count). The van der Waals surface area contributed by atoms with Gasteiger partial charge in [0.25, 0.3) is 0 Å². The van der Waals surface area contributed by atoms with Crippen LogP contribution in [0.25, 0.3) is 0 Å². The smallest absolute Gasteiger partial charge is 0.119 e. The summed E-state index contributed by atoms with van der Waals surface area (Å²) in [5.74, 6) is 1.84. The van der Waals surface area contributed by atoms with Crippen molar-refractivity contribution in [3.63, 3.8) is 0 Å². The summed E-state index contributed by atoms with van der Waals surface area (Å²) in [4.78, 5) is 2.52. The van der Waals surface area contributed by atoms with E-state index in [0.29, 0.717) is 5.41 Å². The molecule has 0 saturated heterocycles. The van der Waals surface area contributed by atoms with Crippen LogP contribution in [0.15, 0.2) is 24.3 Å². The first-order valence-corrected chi connectivity index (χ1v) is 8.23. The fraction of sp³-hybridized carbons (Fsp3) is 0.684. The van der Waals surface area contributed by atoms with Gasteiger partial charge < -0.3 is 4.74 Å². The van der Waals surface area contributed by atoms with Crippen LogP contribution < -0.4 is 4.74 Å². The minimum atomic E-state index is 0.469. The van der Waals surface area contributed by atoms with Gasteiger partial charge >= 0.3 is 0 Å². The Hall–Kier alpha value is -1.02. The Kier molecular flexibility index (Phi) is 5.32. The predicted octanol–water partition coefficient (Wildman–Crippen LogP) is 4.73. The Morgan fingerprint density at radius 3 is 2.38 bits per heavy atom. The second kappa shape index (κ2) is 6.83. The topological polar surface area (TPSA) is 12.5 Å². The van der Waals surface area contributed by atoms with Crippen molar-refractivity contribution in [2.75, 3.05) is 14.2 Å². The molecule has 1 aliphatic rings. The maximum atomic E-state index is 5.31. The molecule has 0 amide bonds. The van der Waals surface area contributed by atoms with E-state index in [2.05, 4.69) is 50.9 Å². The molecule has 2 heteroatoms. The molecule has 1 aromatic carbocycles. The first-order valence-electron chi connectivity index (χ1n) is 8.23. The van der Waals surface area contributed by atoms with E-state index in [4.69, 9.17) is 4.74 Å². The van der Waals surface area contributed by atoms with Crippen LogP contribution in [0, 0.1) is 11.3 Å². The molecule has 1 fully saturated rings. The van der Waals surface area contributed by atoms with Gasteiger partial charge in [0.15, 0.2) is 0 Å². The van der Waals surface area contributed by atoms with Crippen LogP contribution in [0.5, 0.6) is 5.75 Å². The summed E-state index contributed by atoms with van der Waals surface area (Å²) < 4.78 is 5.31. The van der Waals surface area contributed by atoms with Gasteiger partial charge in [-0.25, -0.2) is 0 Å².